The van der Waals surface area contributed by atoms with Crippen molar-refractivity contribution in [2.75, 3.05) is 4.90 Å². The summed E-state index contributed by atoms with van der Waals surface area (Å²) in [5, 5.41) is 9.24. The number of carboxylic acid groups (broad SMARTS) is 1. The van der Waals surface area contributed by atoms with Crippen molar-refractivity contribution in [2.24, 2.45) is 23.7 Å². The van der Waals surface area contributed by atoms with Crippen molar-refractivity contribution < 1.29 is 19.5 Å². The fourth-order valence-electron chi connectivity index (χ4n) is 4.48. The van der Waals surface area contributed by atoms with Gasteiger partial charge < -0.3 is 5.11 Å². The molecular formula is C16H14ClNO4. The van der Waals surface area contributed by atoms with E-state index in [1.165, 1.54) is 23.1 Å². The van der Waals surface area contributed by atoms with Gasteiger partial charge in [-0.3, -0.25) is 14.5 Å². The van der Waals surface area contributed by atoms with E-state index in [0.717, 1.165) is 19.3 Å². The first-order valence-corrected chi connectivity index (χ1v) is 7.77. The number of aromatic carboxylic acids is 1. The van der Waals surface area contributed by atoms with E-state index < -0.39 is 5.97 Å². The number of carboxylic acids is 1. The number of hydrogen-bond acceptors (Lipinski definition) is 3. The zero-order chi connectivity index (χ0) is 15.6. The lowest BCUT2D eigenvalue weighted by Crippen LogP contribution is -2.32. The standard InChI is InChI=1S/C16H14ClNO4/c17-11-4-3-9(6-10(11)16(21)22)18-14(19)12-7-1-2-8(5-7)13(12)15(18)20/h3-4,6-8,12-13H,1-2,5H2,(H,21,22)/t7-,8-,12-,13-/m0/s1. The highest BCUT2D eigenvalue weighted by Crippen LogP contribution is 2.56. The van der Waals surface area contributed by atoms with Crippen LogP contribution in [0.1, 0.15) is 29.6 Å². The molecule has 0 unspecified atom stereocenters. The van der Waals surface area contributed by atoms with Gasteiger partial charge in [-0.1, -0.05) is 11.6 Å². The molecule has 2 aliphatic carbocycles. The van der Waals surface area contributed by atoms with Gasteiger partial charge in [-0.05, 0) is 49.3 Å². The largest absolute Gasteiger partial charge is 0.478 e. The number of rotatable bonds is 2. The third-order valence-corrected chi connectivity index (χ3v) is 5.70. The van der Waals surface area contributed by atoms with Crippen LogP contribution in [0.5, 0.6) is 0 Å². The van der Waals surface area contributed by atoms with E-state index in [1.54, 1.807) is 0 Å². The molecule has 1 aliphatic heterocycles. The van der Waals surface area contributed by atoms with Gasteiger partial charge in [0, 0.05) is 0 Å². The molecule has 4 atom stereocenters. The van der Waals surface area contributed by atoms with Gasteiger partial charge in [0.25, 0.3) is 0 Å². The number of anilines is 1. The molecule has 1 saturated heterocycles. The summed E-state index contributed by atoms with van der Waals surface area (Å²) in [6.45, 7) is 0. The minimum Gasteiger partial charge on any atom is -0.478 e. The van der Waals surface area contributed by atoms with E-state index in [2.05, 4.69) is 0 Å². The average Bonchev–Trinajstić information content (AvgIpc) is 3.14. The predicted octanol–water partition coefficient (Wildman–Crippen LogP) is 2.57. The lowest BCUT2D eigenvalue weighted by Gasteiger charge is -2.19. The molecule has 0 aromatic heterocycles. The van der Waals surface area contributed by atoms with Crippen molar-refractivity contribution in [3.63, 3.8) is 0 Å². The topological polar surface area (TPSA) is 74.7 Å². The van der Waals surface area contributed by atoms with Crippen LogP contribution in [0.4, 0.5) is 5.69 Å². The molecule has 5 nitrogen and oxygen atoms in total. The fraction of sp³-hybridized carbons (Fsp3) is 0.438. The first kappa shape index (κ1) is 13.8. The highest BCUT2D eigenvalue weighted by molar-refractivity contribution is 6.34. The lowest BCUT2D eigenvalue weighted by atomic mass is 9.81. The zero-order valence-electron chi connectivity index (χ0n) is 11.7. The Hall–Kier alpha value is -1.88. The number of hydrogen-bond donors (Lipinski definition) is 1. The SMILES string of the molecule is O=C(O)c1cc(N2C(=O)[C@H]3[C@H]4CC[C@@H](C4)[C@@H]3C2=O)ccc1Cl. The maximum absolute atomic E-state index is 12.7. The Kier molecular flexibility index (Phi) is 2.85. The molecule has 2 bridgehead atoms. The van der Waals surface area contributed by atoms with Crippen LogP contribution >= 0.6 is 11.6 Å². The third-order valence-electron chi connectivity index (χ3n) is 5.37. The van der Waals surface area contributed by atoms with Crippen molar-refractivity contribution in [1.29, 1.82) is 0 Å². The highest BCUT2D eigenvalue weighted by Gasteiger charge is 2.61. The summed E-state index contributed by atoms with van der Waals surface area (Å²) in [7, 11) is 0. The molecule has 1 heterocycles. The van der Waals surface area contributed by atoms with Crippen LogP contribution in [0, 0.1) is 23.7 Å². The van der Waals surface area contributed by atoms with Crippen molar-refractivity contribution in [1.82, 2.24) is 0 Å². The average molecular weight is 320 g/mol. The normalized spacial score (nSPS) is 32.7. The van der Waals surface area contributed by atoms with Gasteiger partial charge in [-0.25, -0.2) is 4.79 Å². The van der Waals surface area contributed by atoms with Crippen LogP contribution in [0.25, 0.3) is 0 Å². The van der Waals surface area contributed by atoms with Gasteiger partial charge in [-0.2, -0.15) is 0 Å². The van der Waals surface area contributed by atoms with E-state index in [9.17, 15) is 14.4 Å². The molecular weight excluding hydrogens is 306 g/mol. The summed E-state index contributed by atoms with van der Waals surface area (Å²) in [4.78, 5) is 37.7. The summed E-state index contributed by atoms with van der Waals surface area (Å²) >= 11 is 5.85. The summed E-state index contributed by atoms with van der Waals surface area (Å²) < 4.78 is 0. The van der Waals surface area contributed by atoms with Gasteiger partial charge in [-0.15, -0.1) is 0 Å². The Labute approximate surface area is 131 Å². The number of fused-ring (bicyclic) bond motifs is 5. The van der Waals surface area contributed by atoms with Crippen molar-refractivity contribution >= 4 is 35.1 Å². The van der Waals surface area contributed by atoms with Crippen LogP contribution in [0.15, 0.2) is 18.2 Å². The van der Waals surface area contributed by atoms with E-state index in [1.807, 2.05) is 0 Å². The van der Waals surface area contributed by atoms with Gasteiger partial charge in [0.2, 0.25) is 11.8 Å². The molecule has 3 aliphatic rings. The van der Waals surface area contributed by atoms with Gasteiger partial charge in [0.05, 0.1) is 28.1 Å². The van der Waals surface area contributed by atoms with Crippen molar-refractivity contribution in [2.45, 2.75) is 19.3 Å². The number of imide groups is 1. The van der Waals surface area contributed by atoms with Gasteiger partial charge in [0.15, 0.2) is 0 Å². The molecule has 0 radical (unpaired) electrons. The first-order chi connectivity index (χ1) is 10.5. The van der Waals surface area contributed by atoms with E-state index >= 15 is 0 Å². The highest BCUT2D eigenvalue weighted by atomic mass is 35.5. The molecule has 6 heteroatoms. The molecule has 1 aromatic carbocycles. The molecule has 114 valence electrons. The first-order valence-electron chi connectivity index (χ1n) is 7.39. The third kappa shape index (κ3) is 1.69. The van der Waals surface area contributed by atoms with Crippen LogP contribution in [0.3, 0.4) is 0 Å². The molecule has 3 fully saturated rings. The van der Waals surface area contributed by atoms with Gasteiger partial charge >= 0.3 is 5.97 Å². The Morgan fingerprint density at radius 2 is 1.73 bits per heavy atom. The summed E-state index contributed by atoms with van der Waals surface area (Å²) in [5.74, 6) is -1.34. The number of halogens is 1. The van der Waals surface area contributed by atoms with E-state index in [0.29, 0.717) is 17.5 Å². The lowest BCUT2D eigenvalue weighted by molar-refractivity contribution is -0.123. The Morgan fingerprint density at radius 1 is 1.14 bits per heavy atom. The fourth-order valence-corrected chi connectivity index (χ4v) is 4.68. The Morgan fingerprint density at radius 3 is 2.27 bits per heavy atom. The molecule has 22 heavy (non-hydrogen) atoms. The van der Waals surface area contributed by atoms with E-state index in [-0.39, 0.29) is 34.2 Å². The van der Waals surface area contributed by atoms with E-state index in [4.69, 9.17) is 16.7 Å². The number of carbonyl (C=O) groups is 3. The molecule has 4 rings (SSSR count). The quantitative estimate of drug-likeness (QED) is 0.850. The Balaban J connectivity index is 1.75. The van der Waals surface area contributed by atoms with Crippen LogP contribution in [-0.4, -0.2) is 22.9 Å². The second-order valence-corrected chi connectivity index (χ2v) is 6.77. The summed E-state index contributed by atoms with van der Waals surface area (Å²) in [6, 6.07) is 4.26. The molecule has 1 N–H and O–H groups in total. The predicted molar refractivity (Wildman–Crippen MR) is 78.7 cm³/mol. The second kappa shape index (κ2) is 4.56. The molecule has 0 spiro atoms. The molecule has 2 amide bonds. The maximum Gasteiger partial charge on any atom is 0.337 e. The maximum atomic E-state index is 12.7. The second-order valence-electron chi connectivity index (χ2n) is 6.37. The van der Waals surface area contributed by atoms with Crippen LogP contribution < -0.4 is 4.90 Å². The monoisotopic (exact) mass is 319 g/mol. The Bertz CT molecular complexity index is 688. The van der Waals surface area contributed by atoms with Crippen LogP contribution in [-0.2, 0) is 9.59 Å². The van der Waals surface area contributed by atoms with Crippen molar-refractivity contribution in [3.05, 3.63) is 28.8 Å². The minimum atomic E-state index is -1.17. The smallest absolute Gasteiger partial charge is 0.337 e. The summed E-state index contributed by atoms with van der Waals surface area (Å²) in [5.41, 5.74) is 0.213. The van der Waals surface area contributed by atoms with Crippen molar-refractivity contribution in [3.8, 4) is 0 Å². The molecule has 2 saturated carbocycles. The van der Waals surface area contributed by atoms with Crippen LogP contribution in [0.2, 0.25) is 5.02 Å². The number of benzene rings is 1. The number of carbonyl (C=O) groups excluding carboxylic acids is 2. The zero-order valence-corrected chi connectivity index (χ0v) is 12.4. The van der Waals surface area contributed by atoms with Gasteiger partial charge in [0.1, 0.15) is 0 Å². The number of nitrogens with zero attached hydrogens (tertiary/aromatic N) is 1. The molecule has 1 aromatic rings. The minimum absolute atomic E-state index is 0.0932. The summed E-state index contributed by atoms with van der Waals surface area (Å²) in [6.07, 6.45) is 3.00. The number of amides is 2.